The summed E-state index contributed by atoms with van der Waals surface area (Å²) in [6.45, 7) is 2.46. The zero-order chi connectivity index (χ0) is 14.7. The van der Waals surface area contributed by atoms with Crippen molar-refractivity contribution in [1.29, 1.82) is 0 Å². The van der Waals surface area contributed by atoms with Crippen LogP contribution in [0.15, 0.2) is 40.9 Å². The smallest absolute Gasteiger partial charge is 0.336 e. The molecule has 0 aliphatic carbocycles. The molecule has 0 spiro atoms. The summed E-state index contributed by atoms with van der Waals surface area (Å²) >= 11 is 2.97. The summed E-state index contributed by atoms with van der Waals surface area (Å²) < 4.78 is 14.0. The van der Waals surface area contributed by atoms with E-state index in [1.165, 1.54) is 12.1 Å². The predicted molar refractivity (Wildman–Crippen MR) is 79.6 cm³/mol. The molecule has 0 saturated carbocycles. The molecule has 0 atom stereocenters. The Bertz CT molecular complexity index is 658. The molecule has 20 heavy (non-hydrogen) atoms. The predicted octanol–water partition coefficient (Wildman–Crippen LogP) is 4.21. The Labute approximate surface area is 124 Å². The molecule has 0 aliphatic heterocycles. The molecule has 0 fully saturated rings. The van der Waals surface area contributed by atoms with Crippen LogP contribution >= 0.6 is 15.9 Å². The first-order valence-electron chi connectivity index (χ1n) is 5.99. The van der Waals surface area contributed by atoms with Crippen LogP contribution in [0, 0.1) is 12.7 Å². The molecule has 0 aromatic heterocycles. The lowest BCUT2D eigenvalue weighted by molar-refractivity contribution is 0.0695. The molecule has 0 heterocycles. The minimum absolute atomic E-state index is 0.0424. The third kappa shape index (κ3) is 3.17. The molecule has 2 aromatic carbocycles. The van der Waals surface area contributed by atoms with Crippen molar-refractivity contribution in [3.05, 3.63) is 63.4 Å². The van der Waals surface area contributed by atoms with Gasteiger partial charge in [0.1, 0.15) is 0 Å². The van der Waals surface area contributed by atoms with E-state index in [1.54, 1.807) is 0 Å². The van der Waals surface area contributed by atoms with Crippen molar-refractivity contribution < 1.29 is 14.3 Å². The van der Waals surface area contributed by atoms with Gasteiger partial charge in [-0.15, -0.1) is 0 Å². The second-order valence-corrected chi connectivity index (χ2v) is 5.23. The van der Waals surface area contributed by atoms with Crippen LogP contribution in [-0.2, 0) is 6.54 Å². The van der Waals surface area contributed by atoms with E-state index in [-0.39, 0.29) is 15.7 Å². The molecule has 3 nitrogen and oxygen atoms in total. The first-order chi connectivity index (χ1) is 9.49. The first-order valence-corrected chi connectivity index (χ1v) is 6.79. The topological polar surface area (TPSA) is 49.3 Å². The van der Waals surface area contributed by atoms with Gasteiger partial charge in [-0.1, -0.05) is 29.8 Å². The summed E-state index contributed by atoms with van der Waals surface area (Å²) in [6.07, 6.45) is 0. The van der Waals surface area contributed by atoms with Crippen LogP contribution in [0.3, 0.4) is 0 Å². The van der Waals surface area contributed by atoms with Crippen LogP contribution in [0.25, 0.3) is 0 Å². The van der Waals surface area contributed by atoms with Gasteiger partial charge < -0.3 is 10.4 Å². The van der Waals surface area contributed by atoms with Crippen molar-refractivity contribution in [3.8, 4) is 0 Å². The van der Waals surface area contributed by atoms with E-state index in [0.717, 1.165) is 11.1 Å². The average Bonchev–Trinajstić information content (AvgIpc) is 2.40. The molecule has 0 radical (unpaired) electrons. The third-order valence-corrected chi connectivity index (χ3v) is 3.65. The number of hydrogen-bond donors (Lipinski definition) is 2. The average molecular weight is 338 g/mol. The van der Waals surface area contributed by atoms with Gasteiger partial charge in [-0.3, -0.25) is 0 Å². The molecule has 2 rings (SSSR count). The fourth-order valence-corrected chi connectivity index (χ4v) is 2.39. The van der Waals surface area contributed by atoms with E-state index < -0.39 is 11.8 Å². The van der Waals surface area contributed by atoms with Crippen LogP contribution in [0.1, 0.15) is 21.5 Å². The quantitative estimate of drug-likeness (QED) is 0.878. The lowest BCUT2D eigenvalue weighted by Crippen LogP contribution is -2.05. The zero-order valence-electron chi connectivity index (χ0n) is 10.8. The Hall–Kier alpha value is -1.88. The molecule has 2 aromatic rings. The molecular formula is C15H13BrFNO2. The standard InChI is InChI=1S/C15H13BrFNO2/c1-9-3-2-4-10(7-9)8-18-12-6-5-11(15(19)20)13(16)14(12)17/h2-7,18H,8H2,1H3,(H,19,20). The minimum atomic E-state index is -1.17. The number of carboxylic acid groups (broad SMARTS) is 1. The maximum Gasteiger partial charge on any atom is 0.336 e. The van der Waals surface area contributed by atoms with Gasteiger partial charge in [-0.25, -0.2) is 9.18 Å². The zero-order valence-corrected chi connectivity index (χ0v) is 12.4. The molecule has 0 amide bonds. The van der Waals surface area contributed by atoms with Crippen LogP contribution < -0.4 is 5.32 Å². The Morgan fingerprint density at radius 2 is 2.10 bits per heavy atom. The molecule has 0 saturated heterocycles. The number of halogens is 2. The molecule has 2 N–H and O–H groups in total. The molecule has 104 valence electrons. The molecule has 0 bridgehead atoms. The molecular weight excluding hydrogens is 325 g/mol. The van der Waals surface area contributed by atoms with E-state index in [1.807, 2.05) is 31.2 Å². The highest BCUT2D eigenvalue weighted by Crippen LogP contribution is 2.27. The van der Waals surface area contributed by atoms with E-state index in [4.69, 9.17) is 5.11 Å². The minimum Gasteiger partial charge on any atom is -0.478 e. The lowest BCUT2D eigenvalue weighted by atomic mass is 10.1. The lowest BCUT2D eigenvalue weighted by Gasteiger charge is -2.10. The van der Waals surface area contributed by atoms with Gasteiger partial charge in [0.05, 0.1) is 15.7 Å². The first kappa shape index (κ1) is 14.5. The van der Waals surface area contributed by atoms with Crippen LogP contribution in [0.4, 0.5) is 10.1 Å². The van der Waals surface area contributed by atoms with Crippen molar-refractivity contribution in [3.63, 3.8) is 0 Å². The highest BCUT2D eigenvalue weighted by molar-refractivity contribution is 9.10. The summed E-state index contributed by atoms with van der Waals surface area (Å²) in [7, 11) is 0. The molecule has 5 heteroatoms. The third-order valence-electron chi connectivity index (χ3n) is 2.88. The number of aromatic carboxylic acids is 1. The molecule has 0 aliphatic rings. The Balaban J connectivity index is 2.18. The Morgan fingerprint density at radius 1 is 1.35 bits per heavy atom. The van der Waals surface area contributed by atoms with E-state index >= 15 is 0 Å². The number of carbonyl (C=O) groups is 1. The largest absolute Gasteiger partial charge is 0.478 e. The van der Waals surface area contributed by atoms with Crippen molar-refractivity contribution in [2.45, 2.75) is 13.5 Å². The summed E-state index contributed by atoms with van der Waals surface area (Å²) in [5.41, 5.74) is 2.34. The highest BCUT2D eigenvalue weighted by atomic mass is 79.9. The number of hydrogen-bond acceptors (Lipinski definition) is 2. The number of nitrogens with one attached hydrogen (secondary N) is 1. The van der Waals surface area contributed by atoms with Gasteiger partial charge >= 0.3 is 5.97 Å². The van der Waals surface area contributed by atoms with Gasteiger partial charge in [-0.2, -0.15) is 0 Å². The summed E-state index contributed by atoms with van der Waals surface area (Å²) in [5.74, 6) is -1.77. The van der Waals surface area contributed by atoms with Crippen molar-refractivity contribution in [2.24, 2.45) is 0 Å². The summed E-state index contributed by atoms with van der Waals surface area (Å²) in [4.78, 5) is 10.9. The van der Waals surface area contributed by atoms with Crippen LogP contribution in [0.2, 0.25) is 0 Å². The fraction of sp³-hybridized carbons (Fsp3) is 0.133. The number of benzene rings is 2. The van der Waals surface area contributed by atoms with Gasteiger partial charge in [0, 0.05) is 6.54 Å². The van der Waals surface area contributed by atoms with Gasteiger partial charge in [0.2, 0.25) is 0 Å². The normalized spacial score (nSPS) is 10.3. The van der Waals surface area contributed by atoms with E-state index in [9.17, 15) is 9.18 Å². The Morgan fingerprint density at radius 3 is 2.75 bits per heavy atom. The summed E-state index contributed by atoms with van der Waals surface area (Å²) in [6, 6.07) is 10.7. The number of carboxylic acids is 1. The van der Waals surface area contributed by atoms with Gasteiger partial charge in [-0.05, 0) is 40.5 Å². The van der Waals surface area contributed by atoms with Crippen molar-refractivity contribution >= 4 is 27.6 Å². The van der Waals surface area contributed by atoms with Crippen molar-refractivity contribution in [1.82, 2.24) is 0 Å². The van der Waals surface area contributed by atoms with E-state index in [0.29, 0.717) is 6.54 Å². The van der Waals surface area contributed by atoms with E-state index in [2.05, 4.69) is 21.2 Å². The van der Waals surface area contributed by atoms with Crippen LogP contribution in [0.5, 0.6) is 0 Å². The number of anilines is 1. The molecule has 0 unspecified atom stereocenters. The SMILES string of the molecule is Cc1cccc(CNc2ccc(C(=O)O)c(Br)c2F)c1. The van der Waals surface area contributed by atoms with Gasteiger partial charge in [0.25, 0.3) is 0 Å². The highest BCUT2D eigenvalue weighted by Gasteiger charge is 2.15. The maximum atomic E-state index is 14.0. The maximum absolute atomic E-state index is 14.0. The van der Waals surface area contributed by atoms with Crippen molar-refractivity contribution in [2.75, 3.05) is 5.32 Å². The monoisotopic (exact) mass is 337 g/mol. The second kappa shape index (κ2) is 6.05. The number of aryl methyl sites for hydroxylation is 1. The second-order valence-electron chi connectivity index (χ2n) is 4.44. The number of rotatable bonds is 4. The Kier molecular flexibility index (Phi) is 4.39. The fourth-order valence-electron chi connectivity index (χ4n) is 1.87. The van der Waals surface area contributed by atoms with Crippen LogP contribution in [-0.4, -0.2) is 11.1 Å². The summed E-state index contributed by atoms with van der Waals surface area (Å²) in [5, 5.41) is 11.9. The van der Waals surface area contributed by atoms with Gasteiger partial charge in [0.15, 0.2) is 5.82 Å².